The minimum atomic E-state index is 0.357. The van der Waals surface area contributed by atoms with E-state index in [-0.39, 0.29) is 0 Å². The second-order valence-corrected chi connectivity index (χ2v) is 6.90. The standard InChI is InChI=1S/C18H18N4S/c1-14(15-8-4-2-5-9-15)23-18-20-19-17-21(12-13-22(17)18)16-10-6-3-7-11-16/h2-11,14H,12-13H2,1H3. The van der Waals surface area contributed by atoms with Crippen molar-refractivity contribution in [2.75, 3.05) is 11.4 Å². The monoisotopic (exact) mass is 322 g/mol. The lowest BCUT2D eigenvalue weighted by atomic mass is 10.2. The molecule has 4 rings (SSSR count). The molecule has 0 spiro atoms. The average Bonchev–Trinajstić information content (AvgIpc) is 3.19. The van der Waals surface area contributed by atoms with Crippen molar-refractivity contribution in [3.05, 3.63) is 66.2 Å². The number of para-hydroxylation sites is 1. The Morgan fingerprint density at radius 3 is 2.35 bits per heavy atom. The van der Waals surface area contributed by atoms with E-state index in [1.54, 1.807) is 11.8 Å². The minimum Gasteiger partial charge on any atom is -0.309 e. The lowest BCUT2D eigenvalue weighted by molar-refractivity contribution is 0.702. The Kier molecular flexibility index (Phi) is 3.79. The Labute approximate surface area is 140 Å². The van der Waals surface area contributed by atoms with Crippen molar-refractivity contribution >= 4 is 23.4 Å². The van der Waals surface area contributed by atoms with Gasteiger partial charge in [0, 0.05) is 24.0 Å². The van der Waals surface area contributed by atoms with Crippen LogP contribution in [-0.2, 0) is 6.54 Å². The summed E-state index contributed by atoms with van der Waals surface area (Å²) in [6.45, 7) is 4.09. The van der Waals surface area contributed by atoms with Gasteiger partial charge in [-0.1, -0.05) is 60.3 Å². The second-order valence-electron chi connectivity index (χ2n) is 5.59. The maximum Gasteiger partial charge on any atom is 0.232 e. The molecule has 2 aromatic carbocycles. The van der Waals surface area contributed by atoms with Gasteiger partial charge in [-0.05, 0) is 24.6 Å². The molecule has 3 aromatic rings. The molecule has 2 heterocycles. The lowest BCUT2D eigenvalue weighted by Crippen LogP contribution is -2.14. The molecule has 0 radical (unpaired) electrons. The van der Waals surface area contributed by atoms with E-state index >= 15 is 0 Å². The summed E-state index contributed by atoms with van der Waals surface area (Å²) in [5, 5.41) is 10.2. The first-order chi connectivity index (χ1) is 11.3. The van der Waals surface area contributed by atoms with Gasteiger partial charge in [0.25, 0.3) is 0 Å². The predicted octanol–water partition coefficient (Wildman–Crippen LogP) is 4.28. The molecule has 1 unspecified atom stereocenters. The van der Waals surface area contributed by atoms with Crippen LogP contribution in [0.3, 0.4) is 0 Å². The molecule has 5 heteroatoms. The smallest absolute Gasteiger partial charge is 0.232 e. The van der Waals surface area contributed by atoms with Crippen molar-refractivity contribution in [2.45, 2.75) is 23.9 Å². The number of hydrogen-bond acceptors (Lipinski definition) is 4. The van der Waals surface area contributed by atoms with Crippen molar-refractivity contribution in [1.82, 2.24) is 14.8 Å². The highest BCUT2D eigenvalue weighted by atomic mass is 32.2. The summed E-state index contributed by atoms with van der Waals surface area (Å²) in [6, 6.07) is 20.9. The lowest BCUT2D eigenvalue weighted by Gasteiger charge is -2.14. The third-order valence-electron chi connectivity index (χ3n) is 4.10. The van der Waals surface area contributed by atoms with Crippen LogP contribution in [0.5, 0.6) is 0 Å². The molecule has 0 aliphatic carbocycles. The van der Waals surface area contributed by atoms with E-state index < -0.39 is 0 Å². The summed E-state index contributed by atoms with van der Waals surface area (Å²) in [4.78, 5) is 2.23. The highest BCUT2D eigenvalue weighted by Gasteiger charge is 2.26. The van der Waals surface area contributed by atoms with Gasteiger partial charge in [-0.25, -0.2) is 0 Å². The molecule has 0 saturated heterocycles. The van der Waals surface area contributed by atoms with Crippen molar-refractivity contribution in [3.8, 4) is 0 Å². The van der Waals surface area contributed by atoms with Gasteiger partial charge in [0.15, 0.2) is 5.16 Å². The Bertz CT molecular complexity index is 785. The highest BCUT2D eigenvalue weighted by Crippen LogP contribution is 2.37. The molecule has 0 bridgehead atoms. The number of nitrogens with zero attached hydrogens (tertiary/aromatic N) is 4. The first-order valence-corrected chi connectivity index (χ1v) is 8.68. The Morgan fingerprint density at radius 1 is 0.913 bits per heavy atom. The molecule has 0 N–H and O–H groups in total. The van der Waals surface area contributed by atoms with Crippen LogP contribution in [0.15, 0.2) is 65.8 Å². The van der Waals surface area contributed by atoms with Gasteiger partial charge in [-0.15, -0.1) is 10.2 Å². The molecule has 1 aliphatic rings. The molecule has 23 heavy (non-hydrogen) atoms. The molecule has 0 saturated carbocycles. The Balaban J connectivity index is 1.57. The number of benzene rings is 2. The van der Waals surface area contributed by atoms with Crippen LogP contribution in [0.2, 0.25) is 0 Å². The second kappa shape index (κ2) is 6.08. The van der Waals surface area contributed by atoms with E-state index in [0.717, 1.165) is 24.2 Å². The number of fused-ring (bicyclic) bond motifs is 1. The summed E-state index contributed by atoms with van der Waals surface area (Å²) in [5.41, 5.74) is 2.49. The highest BCUT2D eigenvalue weighted by molar-refractivity contribution is 7.99. The van der Waals surface area contributed by atoms with Gasteiger partial charge in [0.05, 0.1) is 0 Å². The zero-order chi connectivity index (χ0) is 15.6. The van der Waals surface area contributed by atoms with E-state index in [1.807, 2.05) is 12.1 Å². The molecule has 0 fully saturated rings. The molecule has 116 valence electrons. The van der Waals surface area contributed by atoms with Crippen LogP contribution in [0.25, 0.3) is 0 Å². The first-order valence-electron chi connectivity index (χ1n) is 7.80. The summed E-state index contributed by atoms with van der Waals surface area (Å²) >= 11 is 1.77. The van der Waals surface area contributed by atoms with Crippen LogP contribution < -0.4 is 4.90 Å². The minimum absolute atomic E-state index is 0.357. The zero-order valence-electron chi connectivity index (χ0n) is 13.0. The summed E-state index contributed by atoms with van der Waals surface area (Å²) in [6.07, 6.45) is 0. The molecule has 1 aliphatic heterocycles. The van der Waals surface area contributed by atoms with Crippen LogP contribution in [-0.4, -0.2) is 21.3 Å². The van der Waals surface area contributed by atoms with Gasteiger partial charge in [0.2, 0.25) is 5.95 Å². The van der Waals surface area contributed by atoms with Gasteiger partial charge < -0.3 is 4.90 Å². The zero-order valence-corrected chi connectivity index (χ0v) is 13.8. The number of thioether (sulfide) groups is 1. The van der Waals surface area contributed by atoms with Crippen molar-refractivity contribution in [2.24, 2.45) is 0 Å². The van der Waals surface area contributed by atoms with Crippen molar-refractivity contribution < 1.29 is 0 Å². The fourth-order valence-electron chi connectivity index (χ4n) is 2.87. The largest absolute Gasteiger partial charge is 0.309 e. The molecule has 0 amide bonds. The summed E-state index contributed by atoms with van der Waals surface area (Å²) < 4.78 is 2.22. The number of aromatic nitrogens is 3. The fraction of sp³-hybridized carbons (Fsp3) is 0.222. The predicted molar refractivity (Wildman–Crippen MR) is 94.2 cm³/mol. The number of hydrogen-bond donors (Lipinski definition) is 0. The Morgan fingerprint density at radius 2 is 1.61 bits per heavy atom. The van der Waals surface area contributed by atoms with E-state index in [1.165, 1.54) is 11.3 Å². The van der Waals surface area contributed by atoms with Gasteiger partial charge in [-0.3, -0.25) is 4.57 Å². The quantitative estimate of drug-likeness (QED) is 0.671. The van der Waals surface area contributed by atoms with E-state index in [9.17, 15) is 0 Å². The van der Waals surface area contributed by atoms with Crippen molar-refractivity contribution in [3.63, 3.8) is 0 Å². The number of anilines is 2. The maximum absolute atomic E-state index is 4.42. The van der Waals surface area contributed by atoms with Crippen LogP contribution in [0.1, 0.15) is 17.7 Å². The fourth-order valence-corrected chi connectivity index (χ4v) is 3.86. The first kappa shape index (κ1) is 14.3. The normalized spacial score (nSPS) is 14.7. The van der Waals surface area contributed by atoms with Crippen LogP contribution >= 0.6 is 11.8 Å². The maximum atomic E-state index is 4.42. The van der Waals surface area contributed by atoms with E-state index in [2.05, 4.69) is 75.1 Å². The molecule has 4 nitrogen and oxygen atoms in total. The third kappa shape index (κ3) is 2.72. The summed E-state index contributed by atoms with van der Waals surface area (Å²) in [5.74, 6) is 0.943. The average molecular weight is 322 g/mol. The molecule has 1 aromatic heterocycles. The van der Waals surface area contributed by atoms with Gasteiger partial charge >= 0.3 is 0 Å². The Hall–Kier alpha value is -2.27. The molecular weight excluding hydrogens is 304 g/mol. The van der Waals surface area contributed by atoms with Gasteiger partial charge in [-0.2, -0.15) is 0 Å². The SMILES string of the molecule is CC(Sc1nnc2n1CCN2c1ccccc1)c1ccccc1. The van der Waals surface area contributed by atoms with Crippen LogP contribution in [0, 0.1) is 0 Å². The topological polar surface area (TPSA) is 34.0 Å². The number of rotatable bonds is 4. The van der Waals surface area contributed by atoms with Gasteiger partial charge in [0.1, 0.15) is 0 Å². The third-order valence-corrected chi connectivity index (χ3v) is 5.24. The van der Waals surface area contributed by atoms with Crippen molar-refractivity contribution in [1.29, 1.82) is 0 Å². The summed E-state index contributed by atoms with van der Waals surface area (Å²) in [7, 11) is 0. The molecule has 1 atom stereocenters. The van der Waals surface area contributed by atoms with E-state index in [4.69, 9.17) is 0 Å². The van der Waals surface area contributed by atoms with Crippen LogP contribution in [0.4, 0.5) is 11.6 Å². The molecular formula is C18H18N4S. The van der Waals surface area contributed by atoms with E-state index in [0.29, 0.717) is 5.25 Å².